The molecule has 1 aliphatic rings. The summed E-state index contributed by atoms with van der Waals surface area (Å²) in [5, 5.41) is 0. The summed E-state index contributed by atoms with van der Waals surface area (Å²) >= 11 is 0. The maximum absolute atomic E-state index is 12.0. The van der Waals surface area contributed by atoms with Crippen LogP contribution in [0.5, 0.6) is 0 Å². The van der Waals surface area contributed by atoms with Crippen LogP contribution in [0.1, 0.15) is 25.7 Å². The highest BCUT2D eigenvalue weighted by atomic mass is 32.2. The van der Waals surface area contributed by atoms with Gasteiger partial charge in [0.15, 0.2) is 0 Å². The number of nitrogens with zero attached hydrogens (tertiary/aromatic N) is 1. The Hall–Kier alpha value is -1.18. The normalized spacial score (nSPS) is 16.8. The van der Waals surface area contributed by atoms with Crippen molar-refractivity contribution in [3.05, 3.63) is 18.3 Å². The quantitative estimate of drug-likeness (QED) is 0.757. The van der Waals surface area contributed by atoms with Crippen LogP contribution < -0.4 is 10.5 Å². The number of anilines is 1. The van der Waals surface area contributed by atoms with E-state index in [4.69, 9.17) is 10.5 Å². The molecule has 0 unspecified atom stereocenters. The molecule has 0 radical (unpaired) electrons. The second kappa shape index (κ2) is 6.31. The molecule has 0 aromatic carbocycles. The minimum Gasteiger partial charge on any atom is -0.383 e. The maximum Gasteiger partial charge on any atom is 0.244 e. The van der Waals surface area contributed by atoms with E-state index in [0.29, 0.717) is 6.61 Å². The van der Waals surface area contributed by atoms with Crippen LogP contribution in [0, 0.1) is 0 Å². The highest BCUT2D eigenvalue weighted by molar-refractivity contribution is 7.89. The molecule has 1 aromatic rings. The predicted octanol–water partition coefficient (Wildman–Crippen LogP) is 0.901. The molecule has 1 aliphatic carbocycles. The number of nitrogens with two attached hydrogens (primary N) is 1. The molecular formula is C12H19N3O3S. The van der Waals surface area contributed by atoms with E-state index >= 15 is 0 Å². The van der Waals surface area contributed by atoms with Gasteiger partial charge in [-0.2, -0.15) is 0 Å². The fraction of sp³-hybridized carbons (Fsp3) is 0.583. The monoisotopic (exact) mass is 285 g/mol. The van der Waals surface area contributed by atoms with Gasteiger partial charge in [0.05, 0.1) is 12.7 Å². The molecule has 1 fully saturated rings. The second-order valence-electron chi connectivity index (χ2n) is 4.56. The molecule has 7 heteroatoms. The second-order valence-corrected chi connectivity index (χ2v) is 6.30. The van der Waals surface area contributed by atoms with Gasteiger partial charge >= 0.3 is 0 Å². The molecule has 106 valence electrons. The Bertz CT molecular complexity index is 513. The summed E-state index contributed by atoms with van der Waals surface area (Å²) in [6.07, 6.45) is 6.28. The first-order chi connectivity index (χ1) is 9.09. The van der Waals surface area contributed by atoms with E-state index in [9.17, 15) is 8.42 Å². The van der Waals surface area contributed by atoms with Crippen LogP contribution in [0.25, 0.3) is 0 Å². The minimum atomic E-state index is -3.60. The highest BCUT2D eigenvalue weighted by Gasteiger charge is 2.18. The lowest BCUT2D eigenvalue weighted by molar-refractivity contribution is 0.0626. The topological polar surface area (TPSA) is 94.3 Å². The van der Waals surface area contributed by atoms with Gasteiger partial charge in [0.25, 0.3) is 0 Å². The van der Waals surface area contributed by atoms with E-state index in [2.05, 4.69) is 9.71 Å². The Morgan fingerprint density at radius 1 is 1.42 bits per heavy atom. The molecule has 3 N–H and O–H groups in total. The van der Waals surface area contributed by atoms with E-state index in [1.54, 1.807) is 6.07 Å². The summed E-state index contributed by atoms with van der Waals surface area (Å²) in [6.45, 7) is 0.622. The van der Waals surface area contributed by atoms with Crippen LogP contribution in [0.2, 0.25) is 0 Å². The zero-order chi connectivity index (χ0) is 13.7. The molecule has 0 atom stereocenters. The Morgan fingerprint density at radius 2 is 2.16 bits per heavy atom. The van der Waals surface area contributed by atoms with Gasteiger partial charge in [0.1, 0.15) is 10.7 Å². The summed E-state index contributed by atoms with van der Waals surface area (Å²) in [6, 6.07) is 2.97. The zero-order valence-corrected chi connectivity index (χ0v) is 11.5. The Morgan fingerprint density at radius 3 is 2.84 bits per heavy atom. The number of rotatable bonds is 6. The van der Waals surface area contributed by atoms with Crippen molar-refractivity contribution in [2.45, 2.75) is 36.7 Å². The molecule has 1 heterocycles. The van der Waals surface area contributed by atoms with Gasteiger partial charge in [-0.25, -0.2) is 18.1 Å². The summed E-state index contributed by atoms with van der Waals surface area (Å²) in [4.78, 5) is 3.77. The largest absolute Gasteiger partial charge is 0.383 e. The molecule has 0 aliphatic heterocycles. The van der Waals surface area contributed by atoms with E-state index in [1.807, 2.05) is 0 Å². The Kier molecular flexibility index (Phi) is 4.73. The summed E-state index contributed by atoms with van der Waals surface area (Å²) in [5.41, 5.74) is 5.55. The van der Waals surface area contributed by atoms with Gasteiger partial charge < -0.3 is 10.5 Å². The third-order valence-corrected chi connectivity index (χ3v) is 4.65. The van der Waals surface area contributed by atoms with Gasteiger partial charge in [0.2, 0.25) is 10.0 Å². The average Bonchev–Trinajstić information content (AvgIpc) is 2.88. The van der Waals surface area contributed by atoms with Gasteiger partial charge in [0, 0.05) is 12.7 Å². The smallest absolute Gasteiger partial charge is 0.244 e. The lowest BCUT2D eigenvalue weighted by atomic mass is 10.3. The maximum atomic E-state index is 12.0. The molecule has 6 nitrogen and oxygen atoms in total. The average molecular weight is 285 g/mol. The number of sulfonamides is 1. The third-order valence-electron chi connectivity index (χ3n) is 3.14. The number of ether oxygens (including phenoxy) is 1. The van der Waals surface area contributed by atoms with Gasteiger partial charge in [-0.3, -0.25) is 0 Å². The summed E-state index contributed by atoms with van der Waals surface area (Å²) in [7, 11) is -3.60. The molecule has 0 amide bonds. The predicted molar refractivity (Wildman–Crippen MR) is 72.0 cm³/mol. The van der Waals surface area contributed by atoms with E-state index in [0.717, 1.165) is 12.8 Å². The van der Waals surface area contributed by atoms with Crippen molar-refractivity contribution < 1.29 is 13.2 Å². The molecule has 0 spiro atoms. The molecule has 2 rings (SSSR count). The van der Waals surface area contributed by atoms with Gasteiger partial charge in [-0.15, -0.1) is 0 Å². The molecule has 1 aromatic heterocycles. The Balaban J connectivity index is 1.82. The number of pyridine rings is 1. The van der Waals surface area contributed by atoms with Crippen LogP contribution in [-0.2, 0) is 14.8 Å². The number of nitrogens with one attached hydrogen (secondary N) is 1. The van der Waals surface area contributed by atoms with Crippen LogP contribution in [0.3, 0.4) is 0 Å². The zero-order valence-electron chi connectivity index (χ0n) is 10.7. The standard InChI is InChI=1S/C12H19N3O3S/c13-12-11(6-3-7-14-12)19(16,17)15-8-9-18-10-4-1-2-5-10/h3,6-7,10,15H,1-2,4-5,8-9H2,(H2,13,14). The van der Waals surface area contributed by atoms with Crippen molar-refractivity contribution in [2.24, 2.45) is 0 Å². The fourth-order valence-corrected chi connectivity index (χ4v) is 3.26. The number of hydrogen-bond donors (Lipinski definition) is 2. The van der Waals surface area contributed by atoms with Crippen molar-refractivity contribution in [1.29, 1.82) is 0 Å². The van der Waals surface area contributed by atoms with Crippen LogP contribution in [-0.4, -0.2) is 32.7 Å². The minimum absolute atomic E-state index is 0.00621. The van der Waals surface area contributed by atoms with Crippen molar-refractivity contribution in [1.82, 2.24) is 9.71 Å². The van der Waals surface area contributed by atoms with Crippen LogP contribution in [0.15, 0.2) is 23.2 Å². The SMILES string of the molecule is Nc1ncccc1S(=O)(=O)NCCOC1CCCC1. The van der Waals surface area contributed by atoms with E-state index in [1.165, 1.54) is 25.1 Å². The van der Waals surface area contributed by atoms with Crippen LogP contribution in [0.4, 0.5) is 5.82 Å². The molecule has 0 saturated heterocycles. The van der Waals surface area contributed by atoms with E-state index in [-0.39, 0.29) is 23.4 Å². The number of hydrogen-bond acceptors (Lipinski definition) is 5. The summed E-state index contributed by atoms with van der Waals surface area (Å²) in [5.74, 6) is 0.00621. The molecule has 0 bridgehead atoms. The summed E-state index contributed by atoms with van der Waals surface area (Å²) < 4.78 is 32.0. The van der Waals surface area contributed by atoms with Crippen molar-refractivity contribution in [3.63, 3.8) is 0 Å². The van der Waals surface area contributed by atoms with Gasteiger partial charge in [-0.1, -0.05) is 12.8 Å². The first-order valence-corrected chi connectivity index (χ1v) is 7.89. The Labute approximate surface area is 113 Å². The van der Waals surface area contributed by atoms with Crippen molar-refractivity contribution >= 4 is 15.8 Å². The molecular weight excluding hydrogens is 266 g/mol. The highest BCUT2D eigenvalue weighted by Crippen LogP contribution is 2.20. The molecule has 1 saturated carbocycles. The lowest BCUT2D eigenvalue weighted by Crippen LogP contribution is -2.29. The van der Waals surface area contributed by atoms with Crippen LogP contribution >= 0.6 is 0 Å². The first-order valence-electron chi connectivity index (χ1n) is 6.41. The van der Waals surface area contributed by atoms with Gasteiger partial charge in [-0.05, 0) is 25.0 Å². The lowest BCUT2D eigenvalue weighted by Gasteiger charge is -2.12. The van der Waals surface area contributed by atoms with E-state index < -0.39 is 10.0 Å². The third kappa shape index (κ3) is 3.89. The molecule has 19 heavy (non-hydrogen) atoms. The van der Waals surface area contributed by atoms with Crippen molar-refractivity contribution in [2.75, 3.05) is 18.9 Å². The number of nitrogen functional groups attached to an aromatic ring is 1. The number of aromatic nitrogens is 1. The van der Waals surface area contributed by atoms with Crippen molar-refractivity contribution in [3.8, 4) is 0 Å². The fourth-order valence-electron chi connectivity index (χ4n) is 2.16. The first kappa shape index (κ1) is 14.2.